The third-order valence-electron chi connectivity index (χ3n) is 4.44. The minimum absolute atomic E-state index is 0.0780. The van der Waals surface area contributed by atoms with Gasteiger partial charge >= 0.3 is 0 Å². The Hall–Kier alpha value is -2.94. The zero-order valence-electron chi connectivity index (χ0n) is 14.4. The second-order valence-corrected chi connectivity index (χ2v) is 6.22. The van der Waals surface area contributed by atoms with Gasteiger partial charge in [0.15, 0.2) is 0 Å². The maximum Gasteiger partial charge on any atom is 0.253 e. The van der Waals surface area contributed by atoms with Crippen LogP contribution in [0.3, 0.4) is 0 Å². The van der Waals surface area contributed by atoms with Crippen LogP contribution in [0.5, 0.6) is 0 Å². The van der Waals surface area contributed by atoms with E-state index >= 15 is 0 Å². The number of carbonyl (C=O) groups excluding carboxylic acids is 1. The van der Waals surface area contributed by atoms with E-state index in [1.807, 2.05) is 28.6 Å². The highest BCUT2D eigenvalue weighted by Crippen LogP contribution is 2.22. The smallest absolute Gasteiger partial charge is 0.253 e. The summed E-state index contributed by atoms with van der Waals surface area (Å²) < 4.78 is 0. The van der Waals surface area contributed by atoms with Gasteiger partial charge in [0.2, 0.25) is 17.8 Å². The van der Waals surface area contributed by atoms with Crippen LogP contribution in [0.15, 0.2) is 30.3 Å². The number of carbonyl (C=O) groups is 1. The molecule has 138 valence electrons. The zero-order valence-corrected chi connectivity index (χ0v) is 14.4. The molecule has 0 atom stereocenters. The first-order valence-electron chi connectivity index (χ1n) is 8.64. The molecule has 2 aromatic rings. The Kier molecular flexibility index (Phi) is 5.80. The van der Waals surface area contributed by atoms with Gasteiger partial charge < -0.3 is 16.0 Å². The van der Waals surface area contributed by atoms with E-state index in [1.165, 1.54) is 5.56 Å². The predicted octanol–water partition coefficient (Wildman–Crippen LogP) is 1.03. The van der Waals surface area contributed by atoms with E-state index < -0.39 is 0 Å². The highest BCUT2D eigenvalue weighted by atomic mass is 16.5. The van der Waals surface area contributed by atoms with Crippen LogP contribution < -0.4 is 21.4 Å². The molecule has 1 amide bonds. The number of nitrogens with zero attached hydrogens (tertiary/aromatic N) is 4. The second kappa shape index (κ2) is 8.43. The molecule has 9 heteroatoms. The van der Waals surface area contributed by atoms with Crippen LogP contribution in [0.1, 0.15) is 18.4 Å². The highest BCUT2D eigenvalue weighted by Gasteiger charge is 2.25. The molecule has 0 saturated carbocycles. The molecule has 0 bridgehead atoms. The fourth-order valence-corrected chi connectivity index (χ4v) is 2.96. The van der Waals surface area contributed by atoms with Gasteiger partial charge in [0.25, 0.3) is 5.95 Å². The number of rotatable bonds is 7. The van der Waals surface area contributed by atoms with Crippen molar-refractivity contribution in [1.29, 1.82) is 0 Å². The van der Waals surface area contributed by atoms with Gasteiger partial charge in [-0.15, -0.1) is 0 Å². The topological polar surface area (TPSA) is 129 Å². The summed E-state index contributed by atoms with van der Waals surface area (Å²) in [6, 6.07) is 10.1. The third kappa shape index (κ3) is 4.57. The molecule has 0 unspecified atom stereocenters. The number of hydrogen-bond donors (Lipinski definition) is 4. The van der Waals surface area contributed by atoms with Gasteiger partial charge in [0.05, 0.1) is 0 Å². The van der Waals surface area contributed by atoms with Crippen LogP contribution in [-0.4, -0.2) is 45.7 Å². The van der Waals surface area contributed by atoms with Crippen LogP contribution in [0.25, 0.3) is 0 Å². The summed E-state index contributed by atoms with van der Waals surface area (Å²) in [7, 11) is 0. The van der Waals surface area contributed by atoms with Crippen molar-refractivity contribution >= 4 is 23.8 Å². The Bertz CT molecular complexity index is 733. The number of nitrogens with one attached hydrogen (secondary N) is 2. The molecule has 3 rings (SSSR count). The van der Waals surface area contributed by atoms with Gasteiger partial charge in [-0.3, -0.25) is 10.0 Å². The van der Waals surface area contributed by atoms with Gasteiger partial charge in [0, 0.05) is 25.6 Å². The van der Waals surface area contributed by atoms with Crippen molar-refractivity contribution in [3.05, 3.63) is 35.9 Å². The molecule has 9 nitrogen and oxygen atoms in total. The highest BCUT2D eigenvalue weighted by molar-refractivity contribution is 5.76. The molecule has 2 heterocycles. The maximum absolute atomic E-state index is 11.3. The lowest BCUT2D eigenvalue weighted by Crippen LogP contribution is -2.39. The lowest BCUT2D eigenvalue weighted by atomic mass is 9.96. The fourth-order valence-electron chi connectivity index (χ4n) is 2.96. The quantitative estimate of drug-likeness (QED) is 0.541. The molecule has 1 fully saturated rings. The largest absolute Gasteiger partial charge is 0.369 e. The van der Waals surface area contributed by atoms with E-state index in [0.717, 1.165) is 6.42 Å². The van der Waals surface area contributed by atoms with Crippen LogP contribution >= 0.6 is 0 Å². The Morgan fingerprint density at radius 3 is 2.50 bits per heavy atom. The van der Waals surface area contributed by atoms with Crippen LogP contribution in [0.2, 0.25) is 0 Å². The van der Waals surface area contributed by atoms with Crippen molar-refractivity contribution in [1.82, 2.24) is 15.0 Å². The molecule has 0 spiro atoms. The van der Waals surface area contributed by atoms with Crippen LogP contribution in [0, 0.1) is 5.92 Å². The van der Waals surface area contributed by atoms with Crippen molar-refractivity contribution in [3.8, 4) is 0 Å². The zero-order chi connectivity index (χ0) is 18.4. The van der Waals surface area contributed by atoms with Gasteiger partial charge in [-0.1, -0.05) is 30.3 Å². The number of aromatic nitrogens is 3. The van der Waals surface area contributed by atoms with Gasteiger partial charge in [-0.05, 0) is 24.8 Å². The number of anilines is 3. The second-order valence-electron chi connectivity index (χ2n) is 6.22. The summed E-state index contributed by atoms with van der Waals surface area (Å²) in [4.78, 5) is 26.0. The van der Waals surface area contributed by atoms with Crippen molar-refractivity contribution < 1.29 is 10.0 Å². The summed E-state index contributed by atoms with van der Waals surface area (Å²) in [6.07, 6.45) is 2.16. The number of primary amides is 1. The van der Waals surface area contributed by atoms with E-state index in [-0.39, 0.29) is 17.8 Å². The van der Waals surface area contributed by atoms with E-state index in [4.69, 9.17) is 5.73 Å². The maximum atomic E-state index is 11.3. The molecule has 1 aliphatic rings. The van der Waals surface area contributed by atoms with E-state index in [1.54, 1.807) is 0 Å². The molecule has 1 aromatic heterocycles. The predicted molar refractivity (Wildman–Crippen MR) is 98.0 cm³/mol. The lowest BCUT2D eigenvalue weighted by Gasteiger charge is -2.30. The normalized spacial score (nSPS) is 14.9. The van der Waals surface area contributed by atoms with Gasteiger partial charge in [-0.2, -0.15) is 15.0 Å². The Balaban J connectivity index is 1.64. The molecular weight excluding hydrogens is 334 g/mol. The lowest BCUT2D eigenvalue weighted by molar-refractivity contribution is -0.122. The van der Waals surface area contributed by atoms with Crippen molar-refractivity contribution in [2.24, 2.45) is 11.7 Å². The molecule has 26 heavy (non-hydrogen) atoms. The van der Waals surface area contributed by atoms with Gasteiger partial charge in [0.1, 0.15) is 0 Å². The molecule has 1 aromatic carbocycles. The molecular formula is C17H23N7O2. The van der Waals surface area contributed by atoms with Gasteiger partial charge in [-0.25, -0.2) is 5.48 Å². The SMILES string of the molecule is NC(=O)C1CCN(c2nc(NO)nc(NCCc3ccccc3)n2)CC1. The first-order valence-corrected chi connectivity index (χ1v) is 8.64. The summed E-state index contributed by atoms with van der Waals surface area (Å²) in [5.74, 6) is 0.559. The number of piperidine rings is 1. The first kappa shape index (κ1) is 17.9. The van der Waals surface area contributed by atoms with Crippen molar-refractivity contribution in [2.75, 3.05) is 35.3 Å². The minimum Gasteiger partial charge on any atom is -0.369 e. The average Bonchev–Trinajstić information content (AvgIpc) is 2.68. The number of hydrogen-bond acceptors (Lipinski definition) is 8. The van der Waals surface area contributed by atoms with E-state index in [0.29, 0.717) is 44.4 Å². The minimum atomic E-state index is -0.263. The van der Waals surface area contributed by atoms with E-state index in [9.17, 15) is 10.0 Å². The Morgan fingerprint density at radius 1 is 1.15 bits per heavy atom. The number of nitrogens with two attached hydrogens (primary N) is 1. The summed E-state index contributed by atoms with van der Waals surface area (Å²) in [6.45, 7) is 1.92. The summed E-state index contributed by atoms with van der Waals surface area (Å²) in [5.41, 5.74) is 8.56. The van der Waals surface area contributed by atoms with Crippen molar-refractivity contribution in [2.45, 2.75) is 19.3 Å². The first-order chi connectivity index (χ1) is 12.7. The molecule has 0 radical (unpaired) electrons. The molecule has 0 aliphatic carbocycles. The molecule has 1 saturated heterocycles. The van der Waals surface area contributed by atoms with Crippen LogP contribution in [0.4, 0.5) is 17.8 Å². The molecule has 1 aliphatic heterocycles. The number of benzene rings is 1. The Morgan fingerprint density at radius 2 is 1.85 bits per heavy atom. The Labute approximate surface area is 151 Å². The molecule has 5 N–H and O–H groups in total. The third-order valence-corrected chi connectivity index (χ3v) is 4.44. The summed E-state index contributed by atoms with van der Waals surface area (Å²) in [5, 5.41) is 12.4. The average molecular weight is 357 g/mol. The number of amides is 1. The summed E-state index contributed by atoms with van der Waals surface area (Å²) >= 11 is 0. The fraction of sp³-hybridized carbons (Fsp3) is 0.412. The standard InChI is InChI=1S/C17H23N7O2/c18-14(25)13-7-10-24(11-8-13)17-21-15(20-16(22-17)23-26)19-9-6-12-4-2-1-3-5-12/h1-5,13,26H,6-11H2,(H2,18,25)(H2,19,20,21,22,23). The monoisotopic (exact) mass is 357 g/mol. The van der Waals surface area contributed by atoms with Crippen molar-refractivity contribution in [3.63, 3.8) is 0 Å². The van der Waals surface area contributed by atoms with Crippen LogP contribution in [-0.2, 0) is 11.2 Å². The van der Waals surface area contributed by atoms with E-state index in [2.05, 4.69) is 32.4 Å².